The Morgan fingerprint density at radius 2 is 2.33 bits per heavy atom. The van der Waals surface area contributed by atoms with Crippen molar-refractivity contribution in [2.45, 2.75) is 25.1 Å². The molecule has 18 heavy (non-hydrogen) atoms. The Balaban J connectivity index is 2.08. The Morgan fingerprint density at radius 3 is 3.06 bits per heavy atom. The fourth-order valence-electron chi connectivity index (χ4n) is 1.32. The number of aromatic nitrogens is 4. The molecule has 96 valence electrons. The number of H-pyrrole nitrogens is 2. The molecule has 2 N–H and O–H groups in total. The largest absolute Gasteiger partial charge is 0.462 e. The van der Waals surface area contributed by atoms with Gasteiger partial charge in [-0.2, -0.15) is 0 Å². The molecule has 2 rings (SSSR count). The minimum Gasteiger partial charge on any atom is -0.462 e. The molecule has 0 fully saturated rings. The monoisotopic (exact) mass is 268 g/mol. The number of ether oxygens (including phenoxy) is 1. The van der Waals surface area contributed by atoms with Gasteiger partial charge in [0.2, 0.25) is 0 Å². The number of esters is 1. The van der Waals surface area contributed by atoms with Gasteiger partial charge in [-0.15, -0.1) is 0 Å². The van der Waals surface area contributed by atoms with E-state index in [0.717, 1.165) is 11.8 Å². The number of rotatable bonds is 4. The molecule has 0 bridgehead atoms. The van der Waals surface area contributed by atoms with Crippen molar-refractivity contribution in [3.05, 3.63) is 16.7 Å². The van der Waals surface area contributed by atoms with Gasteiger partial charge in [0.1, 0.15) is 0 Å². The number of thioether (sulfide) groups is 1. The number of nitrogens with zero attached hydrogens (tertiary/aromatic N) is 2. The first-order chi connectivity index (χ1) is 8.56. The van der Waals surface area contributed by atoms with Crippen LogP contribution >= 0.6 is 11.8 Å². The van der Waals surface area contributed by atoms with Crippen LogP contribution < -0.4 is 5.56 Å². The molecule has 2 aromatic heterocycles. The standard InChI is InChI=1S/C10H12N4O3S/c1-5(2)17-6(15)3-18-10-13-8-7(9(16)14-10)11-4-12-8/h4-5H,3H2,1-2H3,(H2,11,12,13,14,16). The van der Waals surface area contributed by atoms with Crippen LogP contribution in [0.15, 0.2) is 16.3 Å². The first-order valence-electron chi connectivity index (χ1n) is 5.32. The Labute approximate surface area is 106 Å². The highest BCUT2D eigenvalue weighted by atomic mass is 32.2. The van der Waals surface area contributed by atoms with E-state index in [1.807, 2.05) is 0 Å². The summed E-state index contributed by atoms with van der Waals surface area (Å²) in [6.45, 7) is 3.55. The van der Waals surface area contributed by atoms with Crippen molar-refractivity contribution in [3.63, 3.8) is 0 Å². The van der Waals surface area contributed by atoms with Crippen molar-refractivity contribution in [1.82, 2.24) is 19.9 Å². The third-order valence-corrected chi connectivity index (χ3v) is 2.82. The average molecular weight is 268 g/mol. The second kappa shape index (κ2) is 5.21. The number of hydrogen-bond donors (Lipinski definition) is 2. The Bertz CT molecular complexity index is 619. The molecular formula is C10H12N4O3S. The van der Waals surface area contributed by atoms with Gasteiger partial charge in [-0.25, -0.2) is 9.97 Å². The van der Waals surface area contributed by atoms with E-state index in [9.17, 15) is 9.59 Å². The summed E-state index contributed by atoms with van der Waals surface area (Å²) >= 11 is 1.11. The van der Waals surface area contributed by atoms with Crippen LogP contribution in [0.25, 0.3) is 11.2 Å². The van der Waals surface area contributed by atoms with Crippen molar-refractivity contribution in [2.24, 2.45) is 0 Å². The summed E-state index contributed by atoms with van der Waals surface area (Å²) in [6.07, 6.45) is 1.24. The summed E-state index contributed by atoms with van der Waals surface area (Å²) in [7, 11) is 0. The summed E-state index contributed by atoms with van der Waals surface area (Å²) < 4.78 is 4.97. The number of carbonyl (C=O) groups is 1. The summed E-state index contributed by atoms with van der Waals surface area (Å²) in [6, 6.07) is 0. The molecule has 2 aromatic rings. The van der Waals surface area contributed by atoms with Crippen LogP contribution in [0.1, 0.15) is 13.8 Å². The normalized spacial score (nSPS) is 11.1. The van der Waals surface area contributed by atoms with E-state index in [2.05, 4.69) is 19.9 Å². The van der Waals surface area contributed by atoms with Gasteiger partial charge in [-0.3, -0.25) is 14.6 Å². The molecule has 0 aliphatic rings. The van der Waals surface area contributed by atoms with Gasteiger partial charge in [-0.05, 0) is 13.8 Å². The van der Waals surface area contributed by atoms with E-state index < -0.39 is 0 Å². The van der Waals surface area contributed by atoms with Gasteiger partial charge >= 0.3 is 5.97 Å². The van der Waals surface area contributed by atoms with Crippen LogP contribution in [-0.4, -0.2) is 37.8 Å². The summed E-state index contributed by atoms with van der Waals surface area (Å²) in [5, 5.41) is 0.348. The van der Waals surface area contributed by atoms with Crippen LogP contribution in [0, 0.1) is 0 Å². The minimum atomic E-state index is -0.347. The molecule has 0 saturated heterocycles. The lowest BCUT2D eigenvalue weighted by atomic mass is 10.5. The van der Waals surface area contributed by atoms with Gasteiger partial charge in [0.15, 0.2) is 16.3 Å². The molecule has 0 unspecified atom stereocenters. The molecule has 0 atom stereocenters. The average Bonchev–Trinajstić information content (AvgIpc) is 2.74. The number of hydrogen-bond acceptors (Lipinski definition) is 6. The SMILES string of the molecule is CC(C)OC(=O)CSc1nc2nc[nH]c2c(=O)[nH]1. The first-order valence-corrected chi connectivity index (χ1v) is 6.30. The van der Waals surface area contributed by atoms with Crippen molar-refractivity contribution in [2.75, 3.05) is 5.75 Å². The smallest absolute Gasteiger partial charge is 0.316 e. The van der Waals surface area contributed by atoms with Crippen molar-refractivity contribution < 1.29 is 9.53 Å². The van der Waals surface area contributed by atoms with E-state index in [-0.39, 0.29) is 23.4 Å². The lowest BCUT2D eigenvalue weighted by Crippen LogP contribution is -2.14. The fraction of sp³-hybridized carbons (Fsp3) is 0.400. The number of aromatic amines is 2. The van der Waals surface area contributed by atoms with Gasteiger partial charge in [0.05, 0.1) is 18.2 Å². The Kier molecular flexibility index (Phi) is 3.66. The quantitative estimate of drug-likeness (QED) is 0.480. The topological polar surface area (TPSA) is 101 Å². The van der Waals surface area contributed by atoms with Crippen LogP contribution in [-0.2, 0) is 9.53 Å². The second-order valence-electron chi connectivity index (χ2n) is 3.80. The van der Waals surface area contributed by atoms with Crippen molar-refractivity contribution >= 4 is 28.9 Å². The molecule has 0 amide bonds. The summed E-state index contributed by atoms with van der Waals surface area (Å²) in [4.78, 5) is 36.2. The number of carbonyl (C=O) groups excluding carboxylic acids is 1. The number of fused-ring (bicyclic) bond motifs is 1. The molecular weight excluding hydrogens is 256 g/mol. The molecule has 0 aliphatic carbocycles. The lowest BCUT2D eigenvalue weighted by Gasteiger charge is -2.06. The van der Waals surface area contributed by atoms with Crippen LogP contribution in [0.5, 0.6) is 0 Å². The second-order valence-corrected chi connectivity index (χ2v) is 4.76. The molecule has 0 aliphatic heterocycles. The Hall–Kier alpha value is -1.83. The number of nitrogens with one attached hydrogen (secondary N) is 2. The fourth-order valence-corrected chi connectivity index (χ4v) is 1.95. The van der Waals surface area contributed by atoms with Crippen molar-refractivity contribution in [1.29, 1.82) is 0 Å². The number of imidazole rings is 1. The van der Waals surface area contributed by atoms with Gasteiger partial charge in [0.25, 0.3) is 5.56 Å². The zero-order chi connectivity index (χ0) is 13.1. The van der Waals surface area contributed by atoms with E-state index in [0.29, 0.717) is 16.3 Å². The van der Waals surface area contributed by atoms with Gasteiger partial charge in [-0.1, -0.05) is 11.8 Å². The van der Waals surface area contributed by atoms with Crippen LogP contribution in [0.4, 0.5) is 0 Å². The summed E-state index contributed by atoms with van der Waals surface area (Å²) in [5.41, 5.74) is 0.347. The zero-order valence-corrected chi connectivity index (χ0v) is 10.7. The van der Waals surface area contributed by atoms with Gasteiger partial charge < -0.3 is 9.72 Å². The molecule has 0 aromatic carbocycles. The highest BCUT2D eigenvalue weighted by molar-refractivity contribution is 7.99. The maximum absolute atomic E-state index is 11.6. The highest BCUT2D eigenvalue weighted by Gasteiger charge is 2.10. The van der Waals surface area contributed by atoms with E-state index in [1.54, 1.807) is 13.8 Å². The molecule has 0 radical (unpaired) electrons. The highest BCUT2D eigenvalue weighted by Crippen LogP contribution is 2.13. The minimum absolute atomic E-state index is 0.0943. The zero-order valence-electron chi connectivity index (χ0n) is 9.89. The molecule has 0 saturated carbocycles. The predicted octanol–water partition coefficient (Wildman–Crippen LogP) is 0.690. The molecule has 2 heterocycles. The maximum atomic E-state index is 11.6. The van der Waals surface area contributed by atoms with Crippen molar-refractivity contribution in [3.8, 4) is 0 Å². The van der Waals surface area contributed by atoms with Gasteiger partial charge in [0, 0.05) is 0 Å². The van der Waals surface area contributed by atoms with E-state index in [1.165, 1.54) is 6.33 Å². The summed E-state index contributed by atoms with van der Waals surface area (Å²) in [5.74, 6) is -0.253. The Morgan fingerprint density at radius 1 is 1.56 bits per heavy atom. The first kappa shape index (κ1) is 12.6. The predicted molar refractivity (Wildman–Crippen MR) is 66.5 cm³/mol. The lowest BCUT2D eigenvalue weighted by molar-refractivity contribution is -0.144. The van der Waals surface area contributed by atoms with E-state index in [4.69, 9.17) is 4.74 Å². The van der Waals surface area contributed by atoms with E-state index >= 15 is 0 Å². The molecule has 0 spiro atoms. The third-order valence-electron chi connectivity index (χ3n) is 1.97. The van der Waals surface area contributed by atoms with Crippen LogP contribution in [0.2, 0.25) is 0 Å². The molecule has 7 nitrogen and oxygen atoms in total. The van der Waals surface area contributed by atoms with Crippen LogP contribution in [0.3, 0.4) is 0 Å². The maximum Gasteiger partial charge on any atom is 0.316 e. The molecule has 8 heteroatoms. The third kappa shape index (κ3) is 2.89.